The molecule has 0 spiro atoms. The summed E-state index contributed by atoms with van der Waals surface area (Å²) in [5.74, 6) is 0.961. The van der Waals surface area contributed by atoms with Gasteiger partial charge in [0.05, 0.1) is 6.61 Å². The van der Waals surface area contributed by atoms with E-state index in [4.69, 9.17) is 4.74 Å². The van der Waals surface area contributed by atoms with Gasteiger partial charge in [0.2, 0.25) is 0 Å². The molecule has 254 valence electrons. The van der Waals surface area contributed by atoms with Crippen molar-refractivity contribution in [1.29, 1.82) is 0 Å². The molecule has 0 fully saturated rings. The average molecular weight is 603 g/mol. The average Bonchev–Trinajstić information content (AvgIpc) is 3.01. The third-order valence-corrected chi connectivity index (χ3v) is 9.03. The topological polar surface area (TPSA) is 26.3 Å². The molecule has 0 saturated heterocycles. The van der Waals surface area contributed by atoms with Crippen LogP contribution < -0.4 is 0 Å². The minimum Gasteiger partial charge on any atom is -0.466 e. The predicted octanol–water partition coefficient (Wildman–Crippen LogP) is 14.4. The summed E-state index contributed by atoms with van der Waals surface area (Å²) >= 11 is 0. The van der Waals surface area contributed by atoms with Crippen LogP contribution in [0.3, 0.4) is 0 Å². The van der Waals surface area contributed by atoms with E-state index in [1.807, 2.05) is 0 Å². The summed E-state index contributed by atoms with van der Waals surface area (Å²) in [5.41, 5.74) is 0. The lowest BCUT2D eigenvalue weighted by molar-refractivity contribution is -0.143. The van der Waals surface area contributed by atoms with E-state index < -0.39 is 0 Å². The van der Waals surface area contributed by atoms with Gasteiger partial charge >= 0.3 is 5.97 Å². The summed E-state index contributed by atoms with van der Waals surface area (Å²) in [6.07, 6.45) is 49.4. The number of ether oxygens (including phenoxy) is 1. The first-order chi connectivity index (χ1) is 21.2. The Balaban J connectivity index is 3.70. The van der Waals surface area contributed by atoms with Crippen molar-refractivity contribution in [2.24, 2.45) is 5.92 Å². The Labute approximate surface area is 271 Å². The van der Waals surface area contributed by atoms with Crippen molar-refractivity contribution in [1.82, 2.24) is 0 Å². The highest BCUT2D eigenvalue weighted by molar-refractivity contribution is 5.69. The van der Waals surface area contributed by atoms with Crippen LogP contribution in [0.4, 0.5) is 0 Å². The van der Waals surface area contributed by atoms with E-state index >= 15 is 0 Å². The van der Waals surface area contributed by atoms with Crippen molar-refractivity contribution in [3.63, 3.8) is 0 Å². The molecule has 0 N–H and O–H groups in total. The molecule has 0 unspecified atom stereocenters. The fourth-order valence-electron chi connectivity index (χ4n) is 6.09. The molecule has 0 rings (SSSR count). The van der Waals surface area contributed by atoms with E-state index in [-0.39, 0.29) is 5.97 Å². The van der Waals surface area contributed by atoms with Gasteiger partial charge in [0.15, 0.2) is 0 Å². The van der Waals surface area contributed by atoms with E-state index in [1.54, 1.807) is 0 Å². The maximum Gasteiger partial charge on any atom is 0.305 e. The monoisotopic (exact) mass is 603 g/mol. The van der Waals surface area contributed by atoms with Gasteiger partial charge < -0.3 is 4.74 Å². The molecule has 0 aliphatic rings. The SMILES string of the molecule is CCCCCC=CCC=CCCCCCCCC(=O)OCCCCCCC(CCCCCCCC)CCCCCCCC. The fraction of sp³-hybridized carbons (Fsp3) is 0.878. The molecule has 0 aliphatic carbocycles. The van der Waals surface area contributed by atoms with E-state index in [0.29, 0.717) is 13.0 Å². The zero-order valence-corrected chi connectivity index (χ0v) is 29.8. The quantitative estimate of drug-likeness (QED) is 0.0410. The van der Waals surface area contributed by atoms with Crippen LogP contribution in [0.15, 0.2) is 24.3 Å². The molecule has 43 heavy (non-hydrogen) atoms. The molecule has 0 radical (unpaired) electrons. The van der Waals surface area contributed by atoms with E-state index in [0.717, 1.165) is 31.6 Å². The highest BCUT2D eigenvalue weighted by atomic mass is 16.5. The molecule has 0 bridgehead atoms. The summed E-state index contributed by atoms with van der Waals surface area (Å²) in [5, 5.41) is 0. The summed E-state index contributed by atoms with van der Waals surface area (Å²) in [7, 11) is 0. The molecule has 0 atom stereocenters. The first kappa shape index (κ1) is 42.0. The number of hydrogen-bond donors (Lipinski definition) is 0. The molecule has 0 amide bonds. The second-order valence-electron chi connectivity index (χ2n) is 13.4. The van der Waals surface area contributed by atoms with E-state index in [1.165, 1.54) is 167 Å². The third-order valence-electron chi connectivity index (χ3n) is 9.03. The summed E-state index contributed by atoms with van der Waals surface area (Å²) in [6, 6.07) is 0. The summed E-state index contributed by atoms with van der Waals surface area (Å²) < 4.78 is 5.52. The van der Waals surface area contributed by atoms with Gasteiger partial charge in [0.25, 0.3) is 0 Å². The number of allylic oxidation sites excluding steroid dienone is 4. The highest BCUT2D eigenvalue weighted by Crippen LogP contribution is 2.24. The largest absolute Gasteiger partial charge is 0.466 e. The second-order valence-corrected chi connectivity index (χ2v) is 13.4. The smallest absolute Gasteiger partial charge is 0.305 e. The van der Waals surface area contributed by atoms with Gasteiger partial charge in [-0.3, -0.25) is 4.79 Å². The van der Waals surface area contributed by atoms with E-state index in [2.05, 4.69) is 45.1 Å². The molecular formula is C41H78O2. The Hall–Kier alpha value is -1.05. The van der Waals surface area contributed by atoms with Crippen LogP contribution in [-0.4, -0.2) is 12.6 Å². The van der Waals surface area contributed by atoms with Crippen LogP contribution in [0.1, 0.15) is 220 Å². The number of carbonyl (C=O) groups excluding carboxylic acids is 1. The van der Waals surface area contributed by atoms with Crippen molar-refractivity contribution in [3.8, 4) is 0 Å². The summed E-state index contributed by atoms with van der Waals surface area (Å²) in [6.45, 7) is 7.49. The van der Waals surface area contributed by atoms with Gasteiger partial charge in [-0.15, -0.1) is 0 Å². The summed E-state index contributed by atoms with van der Waals surface area (Å²) in [4.78, 5) is 12.1. The molecule has 0 aromatic rings. The maximum atomic E-state index is 12.1. The van der Waals surface area contributed by atoms with Crippen LogP contribution in [-0.2, 0) is 9.53 Å². The van der Waals surface area contributed by atoms with Gasteiger partial charge in [-0.05, 0) is 50.9 Å². The standard InChI is InChI=1S/C41H78O2/c1-4-7-10-13-16-17-18-19-20-21-22-23-24-27-33-38-41(42)43-39-34-29-28-32-37-40(35-30-25-14-11-8-5-2)36-31-26-15-12-9-6-3/h16-17,19-20,40H,4-15,18,21-39H2,1-3H3. The van der Waals surface area contributed by atoms with Crippen molar-refractivity contribution < 1.29 is 9.53 Å². The Morgan fingerprint density at radius 1 is 0.465 bits per heavy atom. The number of carbonyl (C=O) groups is 1. The predicted molar refractivity (Wildman–Crippen MR) is 193 cm³/mol. The number of esters is 1. The minimum absolute atomic E-state index is 0.0172. The van der Waals surface area contributed by atoms with Crippen molar-refractivity contribution >= 4 is 5.97 Å². The number of unbranched alkanes of at least 4 members (excludes halogenated alkanes) is 21. The maximum absolute atomic E-state index is 12.1. The second kappa shape index (κ2) is 37.1. The highest BCUT2D eigenvalue weighted by Gasteiger charge is 2.09. The molecule has 2 nitrogen and oxygen atoms in total. The van der Waals surface area contributed by atoms with Crippen LogP contribution >= 0.6 is 0 Å². The normalized spacial score (nSPS) is 11.9. The lowest BCUT2D eigenvalue weighted by Crippen LogP contribution is -2.06. The molecule has 0 aromatic carbocycles. The Morgan fingerprint density at radius 3 is 1.40 bits per heavy atom. The molecular weight excluding hydrogens is 524 g/mol. The number of rotatable bonds is 35. The molecule has 0 saturated carbocycles. The Morgan fingerprint density at radius 2 is 0.860 bits per heavy atom. The molecule has 0 aromatic heterocycles. The van der Waals surface area contributed by atoms with Crippen molar-refractivity contribution in [3.05, 3.63) is 24.3 Å². The van der Waals surface area contributed by atoms with Gasteiger partial charge in [-0.1, -0.05) is 193 Å². The fourth-order valence-corrected chi connectivity index (χ4v) is 6.09. The zero-order valence-electron chi connectivity index (χ0n) is 29.8. The lowest BCUT2D eigenvalue weighted by Gasteiger charge is -2.17. The van der Waals surface area contributed by atoms with Gasteiger partial charge in [0.1, 0.15) is 0 Å². The van der Waals surface area contributed by atoms with Crippen LogP contribution in [0.25, 0.3) is 0 Å². The zero-order chi connectivity index (χ0) is 31.3. The van der Waals surface area contributed by atoms with Crippen LogP contribution in [0.5, 0.6) is 0 Å². The first-order valence-electron chi connectivity index (χ1n) is 19.7. The molecule has 0 heterocycles. The van der Waals surface area contributed by atoms with E-state index in [9.17, 15) is 4.79 Å². The lowest BCUT2D eigenvalue weighted by atomic mass is 9.89. The van der Waals surface area contributed by atoms with Gasteiger partial charge in [0, 0.05) is 6.42 Å². The first-order valence-corrected chi connectivity index (χ1v) is 19.7. The molecule has 2 heteroatoms. The number of hydrogen-bond acceptors (Lipinski definition) is 2. The van der Waals surface area contributed by atoms with Gasteiger partial charge in [-0.25, -0.2) is 0 Å². The Kier molecular flexibility index (Phi) is 36.2. The van der Waals surface area contributed by atoms with Crippen LogP contribution in [0, 0.1) is 5.92 Å². The van der Waals surface area contributed by atoms with Crippen LogP contribution in [0.2, 0.25) is 0 Å². The third kappa shape index (κ3) is 35.3. The molecule has 0 aliphatic heterocycles. The Bertz CT molecular complexity index is 577. The van der Waals surface area contributed by atoms with Gasteiger partial charge in [-0.2, -0.15) is 0 Å². The van der Waals surface area contributed by atoms with Crippen molar-refractivity contribution in [2.45, 2.75) is 220 Å². The van der Waals surface area contributed by atoms with Crippen molar-refractivity contribution in [2.75, 3.05) is 6.61 Å². The minimum atomic E-state index is 0.0172.